The Bertz CT molecular complexity index is 665. The van der Waals surface area contributed by atoms with Gasteiger partial charge in [-0.3, -0.25) is 9.59 Å². The molecule has 0 aliphatic rings. The maximum atomic E-state index is 11.8. The van der Waals surface area contributed by atoms with Crippen molar-refractivity contribution in [1.29, 1.82) is 0 Å². The van der Waals surface area contributed by atoms with E-state index in [1.807, 2.05) is 44.2 Å². The SMILES string of the molecule is CC(C)N(C)C(=O)COC(=O)Cc1cnn(-c2ccccc2)c1. The summed E-state index contributed by atoms with van der Waals surface area (Å²) in [6.07, 6.45) is 3.49. The molecule has 1 aromatic heterocycles. The number of hydrogen-bond donors (Lipinski definition) is 0. The number of esters is 1. The van der Waals surface area contributed by atoms with Crippen LogP contribution in [0.25, 0.3) is 5.69 Å². The molecule has 0 bridgehead atoms. The van der Waals surface area contributed by atoms with Crippen LogP contribution in [-0.2, 0) is 20.7 Å². The molecule has 122 valence electrons. The van der Waals surface area contributed by atoms with Crippen LogP contribution in [0.5, 0.6) is 0 Å². The lowest BCUT2D eigenvalue weighted by Crippen LogP contribution is -2.36. The van der Waals surface area contributed by atoms with E-state index < -0.39 is 5.97 Å². The molecule has 1 heterocycles. The second kappa shape index (κ2) is 7.58. The van der Waals surface area contributed by atoms with Gasteiger partial charge in [0.1, 0.15) is 0 Å². The molecule has 6 nitrogen and oxygen atoms in total. The number of amides is 1. The van der Waals surface area contributed by atoms with Crippen molar-refractivity contribution in [3.8, 4) is 5.69 Å². The van der Waals surface area contributed by atoms with Gasteiger partial charge < -0.3 is 9.64 Å². The summed E-state index contributed by atoms with van der Waals surface area (Å²) in [6.45, 7) is 3.57. The van der Waals surface area contributed by atoms with E-state index in [1.165, 1.54) is 0 Å². The van der Waals surface area contributed by atoms with Gasteiger partial charge in [-0.25, -0.2) is 4.68 Å². The number of aromatic nitrogens is 2. The van der Waals surface area contributed by atoms with E-state index in [9.17, 15) is 9.59 Å². The van der Waals surface area contributed by atoms with Gasteiger partial charge in [-0.2, -0.15) is 5.10 Å². The van der Waals surface area contributed by atoms with E-state index in [2.05, 4.69) is 5.10 Å². The van der Waals surface area contributed by atoms with E-state index in [0.29, 0.717) is 0 Å². The van der Waals surface area contributed by atoms with Crippen LogP contribution in [0.1, 0.15) is 19.4 Å². The van der Waals surface area contributed by atoms with Gasteiger partial charge in [0.15, 0.2) is 6.61 Å². The van der Waals surface area contributed by atoms with Crippen LogP contribution in [0.4, 0.5) is 0 Å². The van der Waals surface area contributed by atoms with Crippen molar-refractivity contribution in [2.45, 2.75) is 26.3 Å². The zero-order valence-electron chi connectivity index (χ0n) is 13.6. The first-order chi connectivity index (χ1) is 11.0. The average molecular weight is 315 g/mol. The first kappa shape index (κ1) is 16.7. The Kier molecular flexibility index (Phi) is 5.51. The number of benzene rings is 1. The second-order valence-electron chi connectivity index (χ2n) is 5.56. The van der Waals surface area contributed by atoms with Gasteiger partial charge in [-0.15, -0.1) is 0 Å². The lowest BCUT2D eigenvalue weighted by atomic mass is 10.2. The Morgan fingerprint density at radius 3 is 2.61 bits per heavy atom. The third-order valence-corrected chi connectivity index (χ3v) is 3.53. The predicted octanol–water partition coefficient (Wildman–Crippen LogP) is 1.82. The van der Waals surface area contributed by atoms with Crippen LogP contribution in [-0.4, -0.2) is 46.3 Å². The number of carbonyl (C=O) groups is 2. The Hall–Kier alpha value is -2.63. The predicted molar refractivity (Wildman–Crippen MR) is 86.1 cm³/mol. The fraction of sp³-hybridized carbons (Fsp3) is 0.353. The second-order valence-corrected chi connectivity index (χ2v) is 5.56. The average Bonchev–Trinajstić information content (AvgIpc) is 3.01. The number of hydrogen-bond acceptors (Lipinski definition) is 4. The summed E-state index contributed by atoms with van der Waals surface area (Å²) in [5, 5.41) is 4.22. The van der Waals surface area contributed by atoms with Crippen LogP contribution in [0.2, 0.25) is 0 Å². The molecule has 0 aliphatic heterocycles. The van der Waals surface area contributed by atoms with Crippen molar-refractivity contribution in [3.05, 3.63) is 48.3 Å². The minimum absolute atomic E-state index is 0.0744. The van der Waals surface area contributed by atoms with Crippen molar-refractivity contribution >= 4 is 11.9 Å². The van der Waals surface area contributed by atoms with Crippen LogP contribution < -0.4 is 0 Å². The number of nitrogens with zero attached hydrogens (tertiary/aromatic N) is 3. The number of para-hydroxylation sites is 1. The van der Waals surface area contributed by atoms with Crippen molar-refractivity contribution in [2.24, 2.45) is 0 Å². The lowest BCUT2D eigenvalue weighted by molar-refractivity contribution is -0.151. The Morgan fingerprint density at radius 1 is 1.26 bits per heavy atom. The van der Waals surface area contributed by atoms with Gasteiger partial charge in [0.2, 0.25) is 0 Å². The van der Waals surface area contributed by atoms with Gasteiger partial charge in [-0.05, 0) is 26.0 Å². The zero-order chi connectivity index (χ0) is 16.8. The minimum Gasteiger partial charge on any atom is -0.455 e. The van der Waals surface area contributed by atoms with Gasteiger partial charge in [-0.1, -0.05) is 18.2 Å². The van der Waals surface area contributed by atoms with Crippen LogP contribution in [0.3, 0.4) is 0 Å². The first-order valence-corrected chi connectivity index (χ1v) is 7.47. The molecule has 2 rings (SSSR count). The standard InChI is InChI=1S/C17H21N3O3/c1-13(2)19(3)16(21)12-23-17(22)9-14-10-18-20(11-14)15-7-5-4-6-8-15/h4-8,10-11,13H,9,12H2,1-3H3. The van der Waals surface area contributed by atoms with E-state index in [1.54, 1.807) is 29.0 Å². The van der Waals surface area contributed by atoms with Gasteiger partial charge >= 0.3 is 5.97 Å². The van der Waals surface area contributed by atoms with Crippen LogP contribution in [0, 0.1) is 0 Å². The molecule has 23 heavy (non-hydrogen) atoms. The highest BCUT2D eigenvalue weighted by atomic mass is 16.5. The zero-order valence-corrected chi connectivity index (χ0v) is 13.6. The molecule has 0 atom stereocenters. The molecule has 0 N–H and O–H groups in total. The monoisotopic (exact) mass is 315 g/mol. The normalized spacial score (nSPS) is 10.6. The Labute approximate surface area is 135 Å². The van der Waals surface area contributed by atoms with E-state index >= 15 is 0 Å². The van der Waals surface area contributed by atoms with Gasteiger partial charge in [0.25, 0.3) is 5.91 Å². The number of likely N-dealkylation sites (N-methyl/N-ethyl adjacent to an activating group) is 1. The molecule has 2 aromatic rings. The maximum absolute atomic E-state index is 11.8. The van der Waals surface area contributed by atoms with Gasteiger partial charge in [0.05, 0.1) is 18.3 Å². The van der Waals surface area contributed by atoms with E-state index in [4.69, 9.17) is 4.74 Å². The number of rotatable bonds is 6. The van der Waals surface area contributed by atoms with Crippen molar-refractivity contribution in [1.82, 2.24) is 14.7 Å². The first-order valence-electron chi connectivity index (χ1n) is 7.47. The lowest BCUT2D eigenvalue weighted by Gasteiger charge is -2.20. The summed E-state index contributed by atoms with van der Waals surface area (Å²) in [4.78, 5) is 25.1. The number of carbonyl (C=O) groups excluding carboxylic acids is 2. The molecule has 0 spiro atoms. The van der Waals surface area contributed by atoms with Gasteiger partial charge in [0, 0.05) is 24.8 Å². The molecular formula is C17H21N3O3. The summed E-state index contributed by atoms with van der Waals surface area (Å²) in [7, 11) is 1.69. The summed E-state index contributed by atoms with van der Waals surface area (Å²) >= 11 is 0. The van der Waals surface area contributed by atoms with E-state index in [0.717, 1.165) is 11.3 Å². The molecule has 0 radical (unpaired) electrons. The molecular weight excluding hydrogens is 294 g/mol. The summed E-state index contributed by atoms with van der Waals surface area (Å²) in [5.41, 5.74) is 1.66. The Morgan fingerprint density at radius 2 is 1.96 bits per heavy atom. The molecule has 0 aliphatic carbocycles. The summed E-state index contributed by atoms with van der Waals surface area (Å²) in [6, 6.07) is 9.69. The highest BCUT2D eigenvalue weighted by Crippen LogP contribution is 2.08. The smallest absolute Gasteiger partial charge is 0.310 e. The minimum atomic E-state index is -0.442. The summed E-state index contributed by atoms with van der Waals surface area (Å²) < 4.78 is 6.72. The highest BCUT2D eigenvalue weighted by Gasteiger charge is 2.15. The van der Waals surface area contributed by atoms with Crippen molar-refractivity contribution in [2.75, 3.05) is 13.7 Å². The quantitative estimate of drug-likeness (QED) is 0.763. The molecule has 0 fully saturated rings. The molecule has 0 saturated carbocycles. The number of ether oxygens (including phenoxy) is 1. The third kappa shape index (κ3) is 4.67. The molecule has 1 amide bonds. The molecule has 0 unspecified atom stereocenters. The fourth-order valence-corrected chi connectivity index (χ4v) is 1.92. The van der Waals surface area contributed by atoms with Crippen molar-refractivity contribution in [3.63, 3.8) is 0 Å². The molecule has 0 saturated heterocycles. The molecule has 6 heteroatoms. The summed E-state index contributed by atoms with van der Waals surface area (Å²) in [5.74, 6) is -0.656. The topological polar surface area (TPSA) is 64.4 Å². The van der Waals surface area contributed by atoms with Crippen LogP contribution >= 0.6 is 0 Å². The largest absolute Gasteiger partial charge is 0.455 e. The molecule has 1 aromatic carbocycles. The fourth-order valence-electron chi connectivity index (χ4n) is 1.92. The van der Waals surface area contributed by atoms with Crippen LogP contribution in [0.15, 0.2) is 42.7 Å². The maximum Gasteiger partial charge on any atom is 0.310 e. The Balaban J connectivity index is 1.87. The van der Waals surface area contributed by atoms with Crippen molar-refractivity contribution < 1.29 is 14.3 Å². The highest BCUT2D eigenvalue weighted by molar-refractivity contribution is 5.81. The third-order valence-electron chi connectivity index (χ3n) is 3.53. The van der Waals surface area contributed by atoms with E-state index in [-0.39, 0.29) is 25.0 Å².